The van der Waals surface area contributed by atoms with E-state index in [4.69, 9.17) is 10.3 Å². The Morgan fingerprint density at radius 1 is 1.19 bits per heavy atom. The van der Waals surface area contributed by atoms with Crippen LogP contribution in [0.3, 0.4) is 0 Å². The molecule has 1 saturated carbocycles. The Balaban J connectivity index is 1.23. The standard InChI is InChI=1S/C32H45N7O3/c1-23-18-28(11-8-27(23)22-39-17-16-34-24(2)21-39)38(3)32(41)26-9-12-29(13-10-26)42-30-7-4-6-25(19-30)20-31(40)35-14-5-15-36-37-33/h4,6-8,11,18-19,24,26,29,34H,5,9-10,12-17,20-22H2,1-3H3,(H,35,40)/t24-,26-,29-/m0/s1. The minimum atomic E-state index is -0.0738. The first-order valence-corrected chi connectivity index (χ1v) is 15.2. The summed E-state index contributed by atoms with van der Waals surface area (Å²) in [5.41, 5.74) is 12.7. The van der Waals surface area contributed by atoms with Crippen LogP contribution in [0.15, 0.2) is 47.6 Å². The van der Waals surface area contributed by atoms with Crippen LogP contribution in [0.25, 0.3) is 10.4 Å². The number of piperazine rings is 1. The molecule has 2 aromatic rings. The molecule has 1 heterocycles. The highest BCUT2D eigenvalue weighted by Crippen LogP contribution is 2.31. The van der Waals surface area contributed by atoms with Gasteiger partial charge in [0.2, 0.25) is 11.8 Å². The maximum Gasteiger partial charge on any atom is 0.229 e. The summed E-state index contributed by atoms with van der Waals surface area (Å²) in [5, 5.41) is 9.81. The number of nitrogens with one attached hydrogen (secondary N) is 2. The van der Waals surface area contributed by atoms with Crippen LogP contribution in [0.5, 0.6) is 5.75 Å². The van der Waals surface area contributed by atoms with Crippen molar-refractivity contribution in [3.8, 4) is 5.75 Å². The minimum Gasteiger partial charge on any atom is -0.490 e. The largest absolute Gasteiger partial charge is 0.490 e. The van der Waals surface area contributed by atoms with Gasteiger partial charge in [0.15, 0.2) is 0 Å². The van der Waals surface area contributed by atoms with Gasteiger partial charge in [0.05, 0.1) is 12.5 Å². The first-order chi connectivity index (χ1) is 20.3. The van der Waals surface area contributed by atoms with Gasteiger partial charge in [-0.1, -0.05) is 23.3 Å². The number of carbonyl (C=O) groups excluding carboxylic acids is 2. The molecule has 1 atom stereocenters. The molecule has 2 aliphatic rings. The lowest BCUT2D eigenvalue weighted by Crippen LogP contribution is -2.48. The van der Waals surface area contributed by atoms with E-state index in [9.17, 15) is 9.59 Å². The van der Waals surface area contributed by atoms with E-state index in [1.54, 1.807) is 0 Å². The fourth-order valence-electron chi connectivity index (χ4n) is 5.88. The highest BCUT2D eigenvalue weighted by Gasteiger charge is 2.30. The van der Waals surface area contributed by atoms with Gasteiger partial charge in [0.25, 0.3) is 0 Å². The number of rotatable bonds is 12. The Labute approximate surface area is 249 Å². The predicted octanol–water partition coefficient (Wildman–Crippen LogP) is 4.75. The van der Waals surface area contributed by atoms with Crippen LogP contribution >= 0.6 is 0 Å². The number of anilines is 1. The third kappa shape index (κ3) is 9.21. The summed E-state index contributed by atoms with van der Waals surface area (Å²) in [6.07, 6.45) is 4.17. The summed E-state index contributed by atoms with van der Waals surface area (Å²) in [4.78, 5) is 32.7. The molecule has 10 nitrogen and oxygen atoms in total. The lowest BCUT2D eigenvalue weighted by molar-refractivity contribution is -0.123. The van der Waals surface area contributed by atoms with Gasteiger partial charge in [-0.2, -0.15) is 0 Å². The van der Waals surface area contributed by atoms with Gasteiger partial charge < -0.3 is 20.3 Å². The average Bonchev–Trinajstić information content (AvgIpc) is 2.98. The maximum atomic E-state index is 13.4. The van der Waals surface area contributed by atoms with Gasteiger partial charge in [-0.15, -0.1) is 0 Å². The maximum absolute atomic E-state index is 13.4. The molecule has 0 radical (unpaired) electrons. The molecule has 10 heteroatoms. The molecule has 226 valence electrons. The Morgan fingerprint density at radius 2 is 2.00 bits per heavy atom. The topological polar surface area (TPSA) is 123 Å². The number of aryl methyl sites for hydroxylation is 1. The average molecular weight is 576 g/mol. The van der Waals surface area contributed by atoms with E-state index < -0.39 is 0 Å². The van der Waals surface area contributed by atoms with Crippen molar-refractivity contribution in [2.24, 2.45) is 11.0 Å². The molecule has 1 saturated heterocycles. The summed E-state index contributed by atoms with van der Waals surface area (Å²) in [6.45, 7) is 9.29. The van der Waals surface area contributed by atoms with Gasteiger partial charge in [-0.05, 0) is 92.4 Å². The van der Waals surface area contributed by atoms with Gasteiger partial charge in [-0.3, -0.25) is 14.5 Å². The lowest BCUT2D eigenvalue weighted by Gasteiger charge is -2.32. The van der Waals surface area contributed by atoms with Crippen molar-refractivity contribution in [3.05, 3.63) is 69.6 Å². The molecule has 1 aliphatic carbocycles. The molecule has 1 aliphatic heterocycles. The molecule has 42 heavy (non-hydrogen) atoms. The SMILES string of the molecule is Cc1cc(N(C)C(=O)[C@H]2CC[C@H](Oc3cccc(CC(=O)NCCCN=[N+]=[N-])c3)CC2)ccc1CN1CCN[C@@H](C)C1. The van der Waals surface area contributed by atoms with Crippen molar-refractivity contribution in [3.63, 3.8) is 0 Å². The summed E-state index contributed by atoms with van der Waals surface area (Å²) >= 11 is 0. The molecule has 0 spiro atoms. The van der Waals surface area contributed by atoms with Crippen molar-refractivity contribution < 1.29 is 14.3 Å². The van der Waals surface area contributed by atoms with Crippen molar-refractivity contribution in [1.29, 1.82) is 0 Å². The number of hydrogen-bond donors (Lipinski definition) is 2. The van der Waals surface area contributed by atoms with Gasteiger partial charge in [0.1, 0.15) is 5.75 Å². The second-order valence-corrected chi connectivity index (χ2v) is 11.7. The van der Waals surface area contributed by atoms with Crippen LogP contribution in [0.2, 0.25) is 0 Å². The van der Waals surface area contributed by atoms with Crippen LogP contribution < -0.4 is 20.3 Å². The van der Waals surface area contributed by atoms with Crippen molar-refractivity contribution in [2.75, 3.05) is 44.7 Å². The minimum absolute atomic E-state index is 0.00829. The molecular formula is C32H45N7O3. The molecule has 2 N–H and O–H groups in total. The van der Waals surface area contributed by atoms with Crippen LogP contribution in [0, 0.1) is 12.8 Å². The number of hydrogen-bond acceptors (Lipinski definition) is 6. The molecule has 2 fully saturated rings. The van der Waals surface area contributed by atoms with Gasteiger partial charge >= 0.3 is 0 Å². The second-order valence-electron chi connectivity index (χ2n) is 11.7. The smallest absolute Gasteiger partial charge is 0.229 e. The first kappa shape index (κ1) is 31.3. The van der Waals surface area contributed by atoms with E-state index in [-0.39, 0.29) is 30.3 Å². The monoisotopic (exact) mass is 575 g/mol. The zero-order chi connectivity index (χ0) is 29.9. The zero-order valence-electron chi connectivity index (χ0n) is 25.2. The van der Waals surface area contributed by atoms with Gasteiger partial charge in [-0.25, -0.2) is 0 Å². The van der Waals surface area contributed by atoms with Crippen molar-refractivity contribution in [2.45, 2.75) is 71.1 Å². The predicted molar refractivity (Wildman–Crippen MR) is 165 cm³/mol. The Morgan fingerprint density at radius 3 is 2.74 bits per heavy atom. The molecular weight excluding hydrogens is 530 g/mol. The van der Waals surface area contributed by atoms with E-state index in [1.807, 2.05) is 36.2 Å². The van der Waals surface area contributed by atoms with Crippen molar-refractivity contribution in [1.82, 2.24) is 15.5 Å². The number of carbonyl (C=O) groups is 2. The van der Waals surface area contributed by atoms with E-state index in [1.165, 1.54) is 11.1 Å². The van der Waals surface area contributed by atoms with Gasteiger partial charge in [0, 0.05) is 68.9 Å². The van der Waals surface area contributed by atoms with E-state index >= 15 is 0 Å². The summed E-state index contributed by atoms with van der Waals surface area (Å²) in [7, 11) is 1.89. The Kier molecular flexibility index (Phi) is 11.6. The third-order valence-corrected chi connectivity index (χ3v) is 8.30. The fourth-order valence-corrected chi connectivity index (χ4v) is 5.88. The molecule has 2 aromatic carbocycles. The molecule has 4 rings (SSSR count). The first-order valence-electron chi connectivity index (χ1n) is 15.2. The van der Waals surface area contributed by atoms with Crippen LogP contribution in [-0.4, -0.2) is 68.6 Å². The number of benzene rings is 2. The zero-order valence-corrected chi connectivity index (χ0v) is 25.2. The highest BCUT2D eigenvalue weighted by molar-refractivity contribution is 5.94. The highest BCUT2D eigenvalue weighted by atomic mass is 16.5. The molecule has 0 aromatic heterocycles. The second kappa shape index (κ2) is 15.6. The summed E-state index contributed by atoms with van der Waals surface area (Å²) < 4.78 is 6.26. The number of nitrogens with zero attached hydrogens (tertiary/aromatic N) is 5. The Bertz CT molecular complexity index is 1250. The molecule has 2 amide bonds. The fraction of sp³-hybridized carbons (Fsp3) is 0.562. The van der Waals surface area contributed by atoms with Crippen LogP contribution in [0.1, 0.15) is 55.7 Å². The van der Waals surface area contributed by atoms with E-state index in [0.29, 0.717) is 25.6 Å². The van der Waals surface area contributed by atoms with Crippen LogP contribution in [-0.2, 0) is 22.6 Å². The summed E-state index contributed by atoms with van der Waals surface area (Å²) in [5.74, 6) is 0.839. The van der Waals surface area contributed by atoms with Crippen LogP contribution in [0.4, 0.5) is 5.69 Å². The normalized spacial score (nSPS) is 20.8. The van der Waals surface area contributed by atoms with Crippen molar-refractivity contribution >= 4 is 17.5 Å². The lowest BCUT2D eigenvalue weighted by atomic mass is 9.86. The van der Waals surface area contributed by atoms with E-state index in [0.717, 1.165) is 68.9 Å². The quantitative estimate of drug-likeness (QED) is 0.164. The Hall–Kier alpha value is -3.59. The number of ether oxygens (including phenoxy) is 1. The van der Waals surface area contributed by atoms with E-state index in [2.05, 4.69) is 57.6 Å². The molecule has 0 bridgehead atoms. The number of amides is 2. The number of azide groups is 1. The molecule has 0 unspecified atom stereocenters. The third-order valence-electron chi connectivity index (χ3n) is 8.30. The summed E-state index contributed by atoms with van der Waals surface area (Å²) in [6, 6.07) is 14.6.